The van der Waals surface area contributed by atoms with Gasteiger partial charge in [0.25, 0.3) is 0 Å². The summed E-state index contributed by atoms with van der Waals surface area (Å²) in [6.45, 7) is 6.21. The van der Waals surface area contributed by atoms with Gasteiger partial charge in [-0.15, -0.1) is 0 Å². The third-order valence-corrected chi connectivity index (χ3v) is 5.20. The van der Waals surface area contributed by atoms with Crippen molar-refractivity contribution in [1.82, 2.24) is 24.8 Å². The lowest BCUT2D eigenvalue weighted by atomic mass is 9.93. The van der Waals surface area contributed by atoms with Gasteiger partial charge in [-0.25, -0.2) is 9.97 Å². The van der Waals surface area contributed by atoms with Gasteiger partial charge in [0.05, 0.1) is 12.4 Å². The lowest BCUT2D eigenvalue weighted by Crippen LogP contribution is -2.49. The number of likely N-dealkylation sites (tertiary alicyclic amines) is 1. The van der Waals surface area contributed by atoms with Gasteiger partial charge >= 0.3 is 0 Å². The number of guanidine groups is 1. The summed E-state index contributed by atoms with van der Waals surface area (Å²) in [6.07, 6.45) is 11.0. The second kappa shape index (κ2) is 9.94. The first kappa shape index (κ1) is 19.2. The highest BCUT2D eigenvalue weighted by atomic mass is 15.3. The molecule has 2 aromatic rings. The van der Waals surface area contributed by atoms with Crippen molar-refractivity contribution in [2.75, 3.05) is 38.5 Å². The van der Waals surface area contributed by atoms with Crippen molar-refractivity contribution in [2.45, 2.75) is 32.2 Å². The fraction of sp³-hybridized carbons (Fsp3) is 0.550. The zero-order valence-corrected chi connectivity index (χ0v) is 16.4. The number of anilines is 1. The first-order chi connectivity index (χ1) is 13.3. The van der Waals surface area contributed by atoms with Gasteiger partial charge in [-0.1, -0.05) is 13.0 Å². The maximum absolute atomic E-state index is 4.50. The molecule has 1 aliphatic heterocycles. The average Bonchev–Trinajstić information content (AvgIpc) is 3.23. The zero-order chi connectivity index (χ0) is 18.9. The quantitative estimate of drug-likeness (QED) is 0.446. The Bertz CT molecular complexity index is 684. The van der Waals surface area contributed by atoms with Gasteiger partial charge in [0.15, 0.2) is 5.96 Å². The number of unbranched alkanes of at least 4 members (excludes halogenated alkanes) is 1. The van der Waals surface area contributed by atoms with Crippen molar-refractivity contribution in [3.63, 3.8) is 0 Å². The Morgan fingerprint density at radius 3 is 2.89 bits per heavy atom. The summed E-state index contributed by atoms with van der Waals surface area (Å²) in [5.41, 5.74) is 0. The summed E-state index contributed by atoms with van der Waals surface area (Å²) in [5, 5.41) is 6.87. The molecule has 0 spiro atoms. The molecule has 2 unspecified atom stereocenters. The Balaban J connectivity index is 1.39. The van der Waals surface area contributed by atoms with E-state index in [9.17, 15) is 0 Å². The van der Waals surface area contributed by atoms with E-state index < -0.39 is 0 Å². The van der Waals surface area contributed by atoms with Gasteiger partial charge < -0.3 is 20.1 Å². The maximum atomic E-state index is 4.50. The van der Waals surface area contributed by atoms with E-state index in [-0.39, 0.29) is 0 Å². The molecule has 2 N–H and O–H groups in total. The van der Waals surface area contributed by atoms with Crippen LogP contribution in [0.25, 0.3) is 0 Å². The van der Waals surface area contributed by atoms with Crippen LogP contribution in [-0.2, 0) is 0 Å². The normalized spacial score (nSPS) is 20.5. The molecule has 0 saturated carbocycles. The number of nitrogens with one attached hydrogen (secondary N) is 2. The number of imidazole rings is 1. The molecule has 27 heavy (non-hydrogen) atoms. The highest BCUT2D eigenvalue weighted by Gasteiger charge is 2.28. The zero-order valence-electron chi connectivity index (χ0n) is 16.4. The molecule has 3 rings (SSSR count). The maximum Gasteiger partial charge on any atom is 0.193 e. The number of hydrogen-bond donors (Lipinski definition) is 2. The van der Waals surface area contributed by atoms with Crippen LogP contribution in [0.5, 0.6) is 0 Å². The largest absolute Gasteiger partial charge is 0.370 e. The van der Waals surface area contributed by atoms with Gasteiger partial charge in [0.1, 0.15) is 5.82 Å². The number of pyridine rings is 1. The third-order valence-electron chi connectivity index (χ3n) is 5.20. The van der Waals surface area contributed by atoms with Crippen LogP contribution in [0.15, 0.2) is 48.1 Å². The molecule has 1 aliphatic rings. The summed E-state index contributed by atoms with van der Waals surface area (Å²) < 4.78 is 2.23. The van der Waals surface area contributed by atoms with E-state index in [1.807, 2.05) is 44.0 Å². The minimum atomic E-state index is 0.447. The molecule has 0 bridgehead atoms. The molecule has 1 fully saturated rings. The standard InChI is InChI=1S/C20H31N7/c1-17-8-13-26(15-18(17)27-14-12-22-16-27)20(21-2)25-11-6-5-10-24-19-7-3-4-9-23-19/h3-4,7,9,12,14,16-18H,5-6,8,10-11,13,15H2,1-2H3,(H,21,25)(H,23,24). The molecule has 146 valence electrons. The van der Waals surface area contributed by atoms with E-state index in [1.165, 1.54) is 0 Å². The SMILES string of the molecule is CN=C(NCCCCNc1ccccn1)N1CCC(C)C(n2ccnc2)C1. The van der Waals surface area contributed by atoms with Crippen molar-refractivity contribution in [3.05, 3.63) is 43.1 Å². The van der Waals surface area contributed by atoms with Crippen molar-refractivity contribution in [1.29, 1.82) is 0 Å². The van der Waals surface area contributed by atoms with E-state index in [4.69, 9.17) is 0 Å². The fourth-order valence-electron chi connectivity index (χ4n) is 3.56. The number of aromatic nitrogens is 3. The molecule has 0 aromatic carbocycles. The Hall–Kier alpha value is -2.57. The van der Waals surface area contributed by atoms with Crippen molar-refractivity contribution >= 4 is 11.8 Å². The van der Waals surface area contributed by atoms with E-state index >= 15 is 0 Å². The van der Waals surface area contributed by atoms with Gasteiger partial charge in [0, 0.05) is 51.8 Å². The predicted molar refractivity (Wildman–Crippen MR) is 110 cm³/mol. The molecule has 2 aromatic heterocycles. The number of piperidine rings is 1. The molecule has 7 nitrogen and oxygen atoms in total. The summed E-state index contributed by atoms with van der Waals surface area (Å²) >= 11 is 0. The van der Waals surface area contributed by atoms with E-state index in [0.29, 0.717) is 12.0 Å². The smallest absolute Gasteiger partial charge is 0.193 e. The number of rotatable bonds is 7. The van der Waals surface area contributed by atoms with Gasteiger partial charge in [-0.3, -0.25) is 4.99 Å². The molecule has 0 amide bonds. The lowest BCUT2D eigenvalue weighted by molar-refractivity contribution is 0.189. The molecule has 0 radical (unpaired) electrons. The molecule has 3 heterocycles. The van der Waals surface area contributed by atoms with E-state index in [0.717, 1.165) is 57.2 Å². The third kappa shape index (κ3) is 5.45. The Morgan fingerprint density at radius 1 is 1.26 bits per heavy atom. The number of hydrogen-bond acceptors (Lipinski definition) is 4. The van der Waals surface area contributed by atoms with E-state index in [2.05, 4.69) is 48.2 Å². The molecular formula is C20H31N7. The molecular weight excluding hydrogens is 338 g/mol. The molecule has 2 atom stereocenters. The van der Waals surface area contributed by atoms with Crippen LogP contribution in [0.1, 0.15) is 32.2 Å². The summed E-state index contributed by atoms with van der Waals surface area (Å²) in [5.74, 6) is 2.59. The van der Waals surface area contributed by atoms with Crippen LogP contribution in [0, 0.1) is 5.92 Å². The van der Waals surface area contributed by atoms with Crippen LogP contribution >= 0.6 is 0 Å². The molecule has 1 saturated heterocycles. The number of aliphatic imine (C=N–C) groups is 1. The fourth-order valence-corrected chi connectivity index (χ4v) is 3.56. The summed E-state index contributed by atoms with van der Waals surface area (Å²) in [4.78, 5) is 15.4. The Kier molecular flexibility index (Phi) is 7.07. The Morgan fingerprint density at radius 2 is 2.15 bits per heavy atom. The molecule has 7 heteroatoms. The molecule has 0 aliphatic carbocycles. The monoisotopic (exact) mass is 369 g/mol. The van der Waals surface area contributed by atoms with Crippen LogP contribution in [-0.4, -0.2) is 58.6 Å². The van der Waals surface area contributed by atoms with Gasteiger partial charge in [0.2, 0.25) is 0 Å². The summed E-state index contributed by atoms with van der Waals surface area (Å²) in [7, 11) is 1.87. The van der Waals surface area contributed by atoms with Crippen LogP contribution in [0.4, 0.5) is 5.82 Å². The van der Waals surface area contributed by atoms with Crippen LogP contribution in [0.2, 0.25) is 0 Å². The van der Waals surface area contributed by atoms with Crippen molar-refractivity contribution in [3.8, 4) is 0 Å². The first-order valence-electron chi connectivity index (χ1n) is 9.86. The highest BCUT2D eigenvalue weighted by molar-refractivity contribution is 5.80. The second-order valence-corrected chi connectivity index (χ2v) is 7.11. The van der Waals surface area contributed by atoms with Gasteiger partial charge in [-0.2, -0.15) is 0 Å². The highest BCUT2D eigenvalue weighted by Crippen LogP contribution is 2.27. The average molecular weight is 370 g/mol. The topological polar surface area (TPSA) is 70.4 Å². The van der Waals surface area contributed by atoms with Crippen LogP contribution in [0.3, 0.4) is 0 Å². The van der Waals surface area contributed by atoms with Crippen LogP contribution < -0.4 is 10.6 Å². The minimum absolute atomic E-state index is 0.447. The lowest BCUT2D eigenvalue weighted by Gasteiger charge is -2.39. The van der Waals surface area contributed by atoms with Gasteiger partial charge in [-0.05, 0) is 37.3 Å². The number of nitrogens with zero attached hydrogens (tertiary/aromatic N) is 5. The first-order valence-corrected chi connectivity index (χ1v) is 9.86. The summed E-state index contributed by atoms with van der Waals surface area (Å²) in [6, 6.07) is 6.37. The Labute approximate surface area is 161 Å². The second-order valence-electron chi connectivity index (χ2n) is 7.11. The predicted octanol–water partition coefficient (Wildman–Crippen LogP) is 2.63. The van der Waals surface area contributed by atoms with E-state index in [1.54, 1.807) is 0 Å². The van der Waals surface area contributed by atoms with Crippen molar-refractivity contribution < 1.29 is 0 Å². The minimum Gasteiger partial charge on any atom is -0.370 e. The van der Waals surface area contributed by atoms with Crippen molar-refractivity contribution in [2.24, 2.45) is 10.9 Å².